The molecule has 0 bridgehead atoms. The monoisotopic (exact) mass is 217 g/mol. The number of rotatable bonds is 4. The normalized spacial score (nSPS) is 26.0. The smallest absolute Gasteiger partial charge is 0.320 e. The first-order valence-corrected chi connectivity index (χ1v) is 6.32. The van der Waals surface area contributed by atoms with Gasteiger partial charge < -0.3 is 5.11 Å². The Morgan fingerprint density at radius 3 is 2.86 bits per heavy atom. The molecule has 2 atom stereocenters. The molecule has 1 aliphatic heterocycles. The van der Waals surface area contributed by atoms with E-state index in [1.54, 1.807) is 0 Å². The maximum atomic E-state index is 11.0. The molecule has 0 aromatic heterocycles. The third kappa shape index (κ3) is 2.89. The standard InChI is InChI=1S/C10H19NO2S/c1-3-8-7-11(5-6-14-8)9(4-2)10(12)13/h8-9H,3-7H2,1-2H3,(H,12,13). The maximum absolute atomic E-state index is 11.0. The van der Waals surface area contributed by atoms with Crippen LogP contribution in [0, 0.1) is 0 Å². The molecule has 3 nitrogen and oxygen atoms in total. The minimum atomic E-state index is -0.672. The molecule has 0 aromatic carbocycles. The SMILES string of the molecule is CCC1CN(C(CC)C(=O)O)CCS1. The van der Waals surface area contributed by atoms with Crippen molar-refractivity contribution < 1.29 is 9.90 Å². The Hall–Kier alpha value is -0.220. The number of carbonyl (C=O) groups is 1. The fourth-order valence-corrected chi connectivity index (χ4v) is 3.07. The summed E-state index contributed by atoms with van der Waals surface area (Å²) in [5.74, 6) is 0.400. The molecule has 1 heterocycles. The van der Waals surface area contributed by atoms with E-state index < -0.39 is 5.97 Å². The lowest BCUT2D eigenvalue weighted by Crippen LogP contribution is -2.47. The summed E-state index contributed by atoms with van der Waals surface area (Å²) in [5.41, 5.74) is 0. The number of hydrogen-bond acceptors (Lipinski definition) is 3. The van der Waals surface area contributed by atoms with Gasteiger partial charge in [-0.2, -0.15) is 11.8 Å². The molecule has 0 radical (unpaired) electrons. The fraction of sp³-hybridized carbons (Fsp3) is 0.900. The van der Waals surface area contributed by atoms with Gasteiger partial charge >= 0.3 is 5.97 Å². The zero-order valence-corrected chi connectivity index (χ0v) is 9.72. The molecule has 14 heavy (non-hydrogen) atoms. The molecule has 0 aromatic rings. The lowest BCUT2D eigenvalue weighted by molar-refractivity contribution is -0.143. The summed E-state index contributed by atoms with van der Waals surface area (Å²) in [7, 11) is 0. The van der Waals surface area contributed by atoms with E-state index in [2.05, 4.69) is 11.8 Å². The van der Waals surface area contributed by atoms with Gasteiger partial charge in [0.25, 0.3) is 0 Å². The number of nitrogens with zero attached hydrogens (tertiary/aromatic N) is 1. The highest BCUT2D eigenvalue weighted by Crippen LogP contribution is 2.23. The quantitative estimate of drug-likeness (QED) is 0.778. The van der Waals surface area contributed by atoms with Crippen molar-refractivity contribution in [1.29, 1.82) is 0 Å². The number of thioether (sulfide) groups is 1. The summed E-state index contributed by atoms with van der Waals surface area (Å²) in [4.78, 5) is 13.1. The Labute approximate surface area is 89.9 Å². The predicted molar refractivity (Wildman–Crippen MR) is 59.8 cm³/mol. The third-order valence-electron chi connectivity index (χ3n) is 2.74. The second-order valence-corrected chi connectivity index (χ2v) is 5.07. The van der Waals surface area contributed by atoms with Gasteiger partial charge in [-0.25, -0.2) is 0 Å². The Morgan fingerprint density at radius 1 is 1.64 bits per heavy atom. The molecule has 0 spiro atoms. The Morgan fingerprint density at radius 2 is 2.36 bits per heavy atom. The summed E-state index contributed by atoms with van der Waals surface area (Å²) in [5, 5.41) is 9.66. The van der Waals surface area contributed by atoms with E-state index in [-0.39, 0.29) is 6.04 Å². The van der Waals surface area contributed by atoms with Gasteiger partial charge in [0.15, 0.2) is 0 Å². The van der Waals surface area contributed by atoms with E-state index in [0.717, 1.165) is 25.3 Å². The molecule has 0 aliphatic carbocycles. The van der Waals surface area contributed by atoms with Crippen molar-refractivity contribution in [1.82, 2.24) is 4.90 Å². The molecular formula is C10H19NO2S. The molecule has 1 rings (SSSR count). The molecule has 1 aliphatic rings. The highest BCUT2D eigenvalue weighted by atomic mass is 32.2. The summed E-state index contributed by atoms with van der Waals surface area (Å²) in [6.07, 6.45) is 1.84. The van der Waals surface area contributed by atoms with Gasteiger partial charge in [-0.05, 0) is 12.8 Å². The van der Waals surface area contributed by atoms with Crippen molar-refractivity contribution in [3.63, 3.8) is 0 Å². The summed E-state index contributed by atoms with van der Waals surface area (Å²) in [6.45, 7) is 5.97. The van der Waals surface area contributed by atoms with E-state index in [9.17, 15) is 4.79 Å². The third-order valence-corrected chi connectivity index (χ3v) is 4.11. The second kappa shape index (κ2) is 5.61. The van der Waals surface area contributed by atoms with Gasteiger partial charge in [0.05, 0.1) is 0 Å². The molecule has 1 N–H and O–H groups in total. The maximum Gasteiger partial charge on any atom is 0.320 e. The zero-order valence-electron chi connectivity index (χ0n) is 8.90. The van der Waals surface area contributed by atoms with Crippen LogP contribution >= 0.6 is 11.8 Å². The van der Waals surface area contributed by atoms with Crippen molar-refractivity contribution in [2.24, 2.45) is 0 Å². The van der Waals surface area contributed by atoms with E-state index in [4.69, 9.17) is 5.11 Å². The van der Waals surface area contributed by atoms with Gasteiger partial charge in [-0.15, -0.1) is 0 Å². The van der Waals surface area contributed by atoms with Crippen molar-refractivity contribution in [2.45, 2.75) is 38.0 Å². The van der Waals surface area contributed by atoms with Gasteiger partial charge in [0.2, 0.25) is 0 Å². The van der Waals surface area contributed by atoms with Crippen LogP contribution in [0.3, 0.4) is 0 Å². The molecule has 0 amide bonds. The topological polar surface area (TPSA) is 40.5 Å². The van der Waals surface area contributed by atoms with Crippen LogP contribution in [0.1, 0.15) is 26.7 Å². The van der Waals surface area contributed by atoms with Crippen molar-refractivity contribution in [2.75, 3.05) is 18.8 Å². The molecule has 4 heteroatoms. The van der Waals surface area contributed by atoms with E-state index in [1.165, 1.54) is 0 Å². The number of carboxylic acids is 1. The Kier molecular flexibility index (Phi) is 4.75. The van der Waals surface area contributed by atoms with Gasteiger partial charge in [-0.1, -0.05) is 13.8 Å². The fourth-order valence-electron chi connectivity index (χ4n) is 1.86. The van der Waals surface area contributed by atoms with Crippen LogP contribution in [0.5, 0.6) is 0 Å². The van der Waals surface area contributed by atoms with E-state index in [0.29, 0.717) is 11.7 Å². The summed E-state index contributed by atoms with van der Waals surface area (Å²) >= 11 is 1.97. The molecule has 0 saturated carbocycles. The lowest BCUT2D eigenvalue weighted by atomic mass is 10.1. The first-order chi connectivity index (χ1) is 6.69. The molecule has 82 valence electrons. The average Bonchev–Trinajstić information content (AvgIpc) is 2.19. The average molecular weight is 217 g/mol. The highest BCUT2D eigenvalue weighted by Gasteiger charge is 2.28. The first-order valence-electron chi connectivity index (χ1n) is 5.27. The second-order valence-electron chi connectivity index (χ2n) is 3.66. The Bertz CT molecular complexity index is 199. The van der Waals surface area contributed by atoms with Crippen molar-refractivity contribution >= 4 is 17.7 Å². The molecule has 1 fully saturated rings. The zero-order chi connectivity index (χ0) is 10.6. The number of carboxylic acid groups (broad SMARTS) is 1. The lowest BCUT2D eigenvalue weighted by Gasteiger charge is -2.35. The molecule has 2 unspecified atom stereocenters. The van der Waals surface area contributed by atoms with Crippen LogP contribution in [-0.2, 0) is 4.79 Å². The van der Waals surface area contributed by atoms with Gasteiger partial charge in [0.1, 0.15) is 6.04 Å². The minimum absolute atomic E-state index is 0.273. The first kappa shape index (κ1) is 11.9. The van der Waals surface area contributed by atoms with Gasteiger partial charge in [0, 0.05) is 24.1 Å². The summed E-state index contributed by atoms with van der Waals surface area (Å²) < 4.78 is 0. The van der Waals surface area contributed by atoms with Crippen molar-refractivity contribution in [3.05, 3.63) is 0 Å². The van der Waals surface area contributed by atoms with Crippen LogP contribution in [0.25, 0.3) is 0 Å². The molecular weight excluding hydrogens is 198 g/mol. The van der Waals surface area contributed by atoms with E-state index in [1.807, 2.05) is 18.7 Å². The minimum Gasteiger partial charge on any atom is -0.480 e. The van der Waals surface area contributed by atoms with Crippen molar-refractivity contribution in [3.8, 4) is 0 Å². The number of aliphatic carboxylic acids is 1. The highest BCUT2D eigenvalue weighted by molar-refractivity contribution is 8.00. The Balaban J connectivity index is 2.53. The van der Waals surface area contributed by atoms with Crippen LogP contribution in [-0.4, -0.2) is 46.1 Å². The van der Waals surface area contributed by atoms with Gasteiger partial charge in [-0.3, -0.25) is 9.69 Å². The van der Waals surface area contributed by atoms with Crippen LogP contribution < -0.4 is 0 Å². The van der Waals surface area contributed by atoms with Crippen LogP contribution in [0.15, 0.2) is 0 Å². The number of hydrogen-bond donors (Lipinski definition) is 1. The summed E-state index contributed by atoms with van der Waals surface area (Å²) in [6, 6.07) is -0.273. The van der Waals surface area contributed by atoms with Crippen LogP contribution in [0.4, 0.5) is 0 Å². The predicted octanol–water partition coefficient (Wildman–Crippen LogP) is 1.68. The largest absolute Gasteiger partial charge is 0.480 e. The van der Waals surface area contributed by atoms with Crippen LogP contribution in [0.2, 0.25) is 0 Å². The molecule has 1 saturated heterocycles. The van der Waals surface area contributed by atoms with E-state index >= 15 is 0 Å².